The number of benzene rings is 2. The van der Waals surface area contributed by atoms with Crippen LogP contribution in [0.1, 0.15) is 47.8 Å². The van der Waals surface area contributed by atoms with Crippen molar-refractivity contribution in [1.82, 2.24) is 4.72 Å². The molecule has 0 unspecified atom stereocenters. The maximum absolute atomic E-state index is 12.7. The molecular formula is C20H25ClN2O3S. The highest BCUT2D eigenvalue weighted by molar-refractivity contribution is 7.89. The predicted octanol–water partition coefficient (Wildman–Crippen LogP) is 4.59. The summed E-state index contributed by atoms with van der Waals surface area (Å²) in [5, 5.41) is 2.93. The van der Waals surface area contributed by atoms with Crippen LogP contribution in [0.4, 0.5) is 5.69 Å². The molecule has 2 N–H and O–H groups in total. The number of halogens is 1. The van der Waals surface area contributed by atoms with Gasteiger partial charge in [0.05, 0.1) is 5.02 Å². The van der Waals surface area contributed by atoms with E-state index in [9.17, 15) is 13.2 Å². The standard InChI is InChI=1S/C20H25ClN2O3S/c1-12-9-13(2)18(14(3)10-12)22-19(24)15-7-8-16(21)17(11-15)27(25,26)23-20(4,5)6/h7-11,23H,1-6H3,(H,22,24). The lowest BCUT2D eigenvalue weighted by Crippen LogP contribution is -2.40. The van der Waals surface area contributed by atoms with Crippen molar-refractivity contribution in [1.29, 1.82) is 0 Å². The monoisotopic (exact) mass is 408 g/mol. The van der Waals surface area contributed by atoms with Crippen LogP contribution >= 0.6 is 11.6 Å². The molecule has 0 atom stereocenters. The fourth-order valence-corrected chi connectivity index (χ4v) is 4.82. The van der Waals surface area contributed by atoms with E-state index in [4.69, 9.17) is 11.6 Å². The molecule has 0 aliphatic rings. The van der Waals surface area contributed by atoms with Gasteiger partial charge in [-0.1, -0.05) is 29.3 Å². The van der Waals surface area contributed by atoms with Crippen LogP contribution in [0.25, 0.3) is 0 Å². The van der Waals surface area contributed by atoms with Crippen molar-refractivity contribution in [3.63, 3.8) is 0 Å². The molecule has 146 valence electrons. The maximum atomic E-state index is 12.7. The van der Waals surface area contributed by atoms with Gasteiger partial charge in [0.2, 0.25) is 10.0 Å². The SMILES string of the molecule is Cc1cc(C)c(NC(=O)c2ccc(Cl)c(S(=O)(=O)NC(C)(C)C)c2)c(C)c1. The second-order valence-electron chi connectivity index (χ2n) is 7.73. The highest BCUT2D eigenvalue weighted by Crippen LogP contribution is 2.26. The zero-order valence-corrected chi connectivity index (χ0v) is 18.0. The average molecular weight is 409 g/mol. The largest absolute Gasteiger partial charge is 0.322 e. The van der Waals surface area contributed by atoms with Crippen molar-refractivity contribution in [2.24, 2.45) is 0 Å². The van der Waals surface area contributed by atoms with Crippen LogP contribution < -0.4 is 10.0 Å². The predicted molar refractivity (Wildman–Crippen MR) is 110 cm³/mol. The molecule has 0 bridgehead atoms. The lowest BCUT2D eigenvalue weighted by molar-refractivity contribution is 0.102. The molecule has 1 amide bonds. The van der Waals surface area contributed by atoms with Gasteiger partial charge in [0.1, 0.15) is 4.90 Å². The first-order valence-corrected chi connectivity index (χ1v) is 10.4. The Bertz CT molecular complexity index is 970. The molecule has 0 saturated carbocycles. The van der Waals surface area contributed by atoms with E-state index in [0.29, 0.717) is 0 Å². The van der Waals surface area contributed by atoms with Crippen molar-refractivity contribution in [3.8, 4) is 0 Å². The summed E-state index contributed by atoms with van der Waals surface area (Å²) >= 11 is 6.09. The van der Waals surface area contributed by atoms with Gasteiger partial charge in [0, 0.05) is 16.8 Å². The molecule has 0 fully saturated rings. The molecule has 27 heavy (non-hydrogen) atoms. The molecule has 2 aromatic rings. The summed E-state index contributed by atoms with van der Waals surface area (Å²) in [4.78, 5) is 12.6. The number of carbonyl (C=O) groups is 1. The summed E-state index contributed by atoms with van der Waals surface area (Å²) in [7, 11) is -3.86. The zero-order valence-electron chi connectivity index (χ0n) is 16.4. The Kier molecular flexibility index (Phi) is 6.04. The van der Waals surface area contributed by atoms with E-state index < -0.39 is 21.5 Å². The lowest BCUT2D eigenvalue weighted by Gasteiger charge is -2.21. The van der Waals surface area contributed by atoms with Gasteiger partial charge in [-0.15, -0.1) is 0 Å². The minimum absolute atomic E-state index is 0.0611. The van der Waals surface area contributed by atoms with Crippen LogP contribution in [0.15, 0.2) is 35.2 Å². The van der Waals surface area contributed by atoms with Crippen molar-refractivity contribution in [2.45, 2.75) is 52.0 Å². The summed E-state index contributed by atoms with van der Waals surface area (Å²) in [6.45, 7) is 11.0. The summed E-state index contributed by atoms with van der Waals surface area (Å²) in [6.07, 6.45) is 0. The van der Waals surface area contributed by atoms with Crippen LogP contribution in [0.5, 0.6) is 0 Å². The molecule has 5 nitrogen and oxygen atoms in total. The molecule has 0 aliphatic carbocycles. The Morgan fingerprint density at radius 1 is 1.00 bits per heavy atom. The van der Waals surface area contributed by atoms with Crippen LogP contribution in [-0.4, -0.2) is 19.9 Å². The number of rotatable bonds is 4. The fraction of sp³-hybridized carbons (Fsp3) is 0.350. The Morgan fingerprint density at radius 2 is 1.56 bits per heavy atom. The minimum Gasteiger partial charge on any atom is -0.322 e. The lowest BCUT2D eigenvalue weighted by atomic mass is 10.0. The van der Waals surface area contributed by atoms with E-state index in [0.717, 1.165) is 22.4 Å². The molecule has 0 saturated heterocycles. The molecule has 0 spiro atoms. The Labute approximate surface area is 166 Å². The van der Waals surface area contributed by atoms with Crippen LogP contribution in [0.2, 0.25) is 5.02 Å². The number of aryl methyl sites for hydroxylation is 3. The van der Waals surface area contributed by atoms with Crippen LogP contribution in [0, 0.1) is 20.8 Å². The van der Waals surface area contributed by atoms with E-state index in [1.54, 1.807) is 20.8 Å². The van der Waals surface area contributed by atoms with E-state index in [2.05, 4.69) is 10.0 Å². The number of anilines is 1. The maximum Gasteiger partial charge on any atom is 0.255 e. The van der Waals surface area contributed by atoms with Gasteiger partial charge in [-0.25, -0.2) is 13.1 Å². The number of nitrogens with one attached hydrogen (secondary N) is 2. The smallest absolute Gasteiger partial charge is 0.255 e. The van der Waals surface area contributed by atoms with Crippen molar-refractivity contribution >= 4 is 33.2 Å². The van der Waals surface area contributed by atoms with Gasteiger partial charge in [-0.2, -0.15) is 0 Å². The van der Waals surface area contributed by atoms with E-state index in [-0.39, 0.29) is 15.5 Å². The van der Waals surface area contributed by atoms with E-state index >= 15 is 0 Å². The molecule has 0 radical (unpaired) electrons. The number of carbonyl (C=O) groups excluding carboxylic acids is 1. The number of hydrogen-bond acceptors (Lipinski definition) is 3. The molecule has 2 aromatic carbocycles. The van der Waals surface area contributed by atoms with Gasteiger partial charge >= 0.3 is 0 Å². The highest BCUT2D eigenvalue weighted by atomic mass is 35.5. The van der Waals surface area contributed by atoms with E-state index in [1.807, 2.05) is 32.9 Å². The summed E-state index contributed by atoms with van der Waals surface area (Å²) in [5.74, 6) is -0.395. The van der Waals surface area contributed by atoms with E-state index in [1.165, 1.54) is 18.2 Å². The normalized spacial score (nSPS) is 12.1. The quantitative estimate of drug-likeness (QED) is 0.776. The number of hydrogen-bond donors (Lipinski definition) is 2. The molecule has 0 heterocycles. The molecule has 0 aromatic heterocycles. The van der Waals surface area contributed by atoms with Crippen LogP contribution in [-0.2, 0) is 10.0 Å². The van der Waals surface area contributed by atoms with Gasteiger partial charge in [0.15, 0.2) is 0 Å². The van der Waals surface area contributed by atoms with Crippen molar-refractivity contribution in [3.05, 3.63) is 57.6 Å². The summed E-state index contributed by atoms with van der Waals surface area (Å²) < 4.78 is 27.8. The number of sulfonamides is 1. The molecule has 7 heteroatoms. The topological polar surface area (TPSA) is 75.3 Å². The summed E-state index contributed by atoms with van der Waals surface area (Å²) in [6, 6.07) is 8.18. The minimum atomic E-state index is -3.86. The van der Waals surface area contributed by atoms with Gasteiger partial charge < -0.3 is 5.32 Å². The highest BCUT2D eigenvalue weighted by Gasteiger charge is 2.25. The second-order valence-corrected chi connectivity index (χ2v) is 9.79. The average Bonchev–Trinajstić information content (AvgIpc) is 2.48. The Balaban J connectivity index is 2.40. The molecule has 0 aliphatic heterocycles. The first-order chi connectivity index (χ1) is 12.3. The third-order valence-electron chi connectivity index (χ3n) is 3.84. The fourth-order valence-electron chi connectivity index (χ4n) is 2.87. The third-order valence-corrected chi connectivity index (χ3v) is 6.08. The van der Waals surface area contributed by atoms with Crippen molar-refractivity contribution < 1.29 is 13.2 Å². The third kappa shape index (κ3) is 5.31. The second kappa shape index (κ2) is 7.62. The van der Waals surface area contributed by atoms with Crippen molar-refractivity contribution in [2.75, 3.05) is 5.32 Å². The Hall–Kier alpha value is -1.89. The van der Waals surface area contributed by atoms with Gasteiger partial charge in [-0.3, -0.25) is 4.79 Å². The van der Waals surface area contributed by atoms with Crippen LogP contribution in [0.3, 0.4) is 0 Å². The first kappa shape index (κ1) is 21.4. The molecular weight excluding hydrogens is 384 g/mol. The number of amides is 1. The Morgan fingerprint density at radius 3 is 2.07 bits per heavy atom. The summed E-state index contributed by atoms with van der Waals surface area (Å²) in [5.41, 5.74) is 3.26. The molecule has 2 rings (SSSR count). The van der Waals surface area contributed by atoms with Gasteiger partial charge in [-0.05, 0) is 70.9 Å². The zero-order chi connectivity index (χ0) is 20.6. The first-order valence-electron chi connectivity index (χ1n) is 8.53. The van der Waals surface area contributed by atoms with Gasteiger partial charge in [0.25, 0.3) is 5.91 Å².